The van der Waals surface area contributed by atoms with Gasteiger partial charge in [0, 0.05) is 17.3 Å². The SMILES string of the molecule is CC(C)(C#N)c1ccc(-c2c[nH]nc(-c3ccccc3OCC(F)(F)F)c2=O)cc1. The highest BCUT2D eigenvalue weighted by Gasteiger charge is 2.29. The van der Waals surface area contributed by atoms with Gasteiger partial charge in [0.15, 0.2) is 6.61 Å². The fourth-order valence-electron chi connectivity index (χ4n) is 2.88. The van der Waals surface area contributed by atoms with E-state index in [1.807, 2.05) is 0 Å². The number of alkyl halides is 3. The summed E-state index contributed by atoms with van der Waals surface area (Å²) in [6.07, 6.45) is -3.08. The van der Waals surface area contributed by atoms with Crippen LogP contribution in [-0.2, 0) is 5.41 Å². The smallest absolute Gasteiger partial charge is 0.422 e. The van der Waals surface area contributed by atoms with E-state index in [0.717, 1.165) is 5.56 Å². The molecule has 0 bridgehead atoms. The molecule has 0 saturated heterocycles. The zero-order valence-corrected chi connectivity index (χ0v) is 16.2. The Bertz CT molecular complexity index is 1140. The number of nitriles is 1. The molecular formula is C22H18F3N3O2. The normalized spacial score (nSPS) is 11.7. The summed E-state index contributed by atoms with van der Waals surface area (Å²) >= 11 is 0. The van der Waals surface area contributed by atoms with Gasteiger partial charge in [0.05, 0.1) is 11.5 Å². The molecule has 0 aliphatic rings. The first kappa shape index (κ1) is 21.1. The van der Waals surface area contributed by atoms with Crippen molar-refractivity contribution in [3.63, 3.8) is 0 Å². The molecule has 154 valence electrons. The van der Waals surface area contributed by atoms with Crippen LogP contribution in [0.4, 0.5) is 13.2 Å². The number of aromatic amines is 1. The fraction of sp³-hybridized carbons (Fsp3) is 0.227. The molecule has 3 rings (SSSR count). The Hall–Kier alpha value is -3.60. The van der Waals surface area contributed by atoms with Gasteiger partial charge >= 0.3 is 6.18 Å². The van der Waals surface area contributed by atoms with Crippen molar-refractivity contribution >= 4 is 0 Å². The largest absolute Gasteiger partial charge is 0.483 e. The molecule has 30 heavy (non-hydrogen) atoms. The molecule has 0 unspecified atom stereocenters. The van der Waals surface area contributed by atoms with Gasteiger partial charge in [-0.1, -0.05) is 36.4 Å². The van der Waals surface area contributed by atoms with Gasteiger partial charge in [-0.25, -0.2) is 0 Å². The fourth-order valence-corrected chi connectivity index (χ4v) is 2.88. The molecule has 0 aliphatic heterocycles. The second kappa shape index (κ2) is 8.03. The third kappa shape index (κ3) is 4.51. The Kier molecular flexibility index (Phi) is 5.65. The summed E-state index contributed by atoms with van der Waals surface area (Å²) < 4.78 is 42.5. The summed E-state index contributed by atoms with van der Waals surface area (Å²) in [5.41, 5.74) is 0.662. The Balaban J connectivity index is 2.01. The van der Waals surface area contributed by atoms with Crippen LogP contribution in [0.3, 0.4) is 0 Å². The van der Waals surface area contributed by atoms with Crippen molar-refractivity contribution < 1.29 is 17.9 Å². The zero-order chi connectivity index (χ0) is 21.9. The number of H-pyrrole nitrogens is 1. The summed E-state index contributed by atoms with van der Waals surface area (Å²) in [4.78, 5) is 13.0. The van der Waals surface area contributed by atoms with Gasteiger partial charge in [0.2, 0.25) is 5.43 Å². The summed E-state index contributed by atoms with van der Waals surface area (Å²) in [6, 6.07) is 15.1. The number of rotatable bonds is 5. The van der Waals surface area contributed by atoms with Crippen LogP contribution < -0.4 is 10.2 Å². The number of nitrogens with one attached hydrogen (secondary N) is 1. The lowest BCUT2D eigenvalue weighted by molar-refractivity contribution is -0.153. The number of para-hydroxylation sites is 1. The molecule has 0 fully saturated rings. The number of hydrogen-bond acceptors (Lipinski definition) is 4. The molecule has 0 aliphatic carbocycles. The van der Waals surface area contributed by atoms with E-state index in [4.69, 9.17) is 4.74 Å². The number of ether oxygens (including phenoxy) is 1. The van der Waals surface area contributed by atoms with E-state index in [1.165, 1.54) is 24.4 Å². The minimum Gasteiger partial charge on any atom is -0.483 e. The van der Waals surface area contributed by atoms with Crippen LogP contribution in [0, 0.1) is 11.3 Å². The number of nitrogens with zero attached hydrogens (tertiary/aromatic N) is 2. The monoisotopic (exact) mass is 413 g/mol. The van der Waals surface area contributed by atoms with Crippen LogP contribution >= 0.6 is 0 Å². The van der Waals surface area contributed by atoms with Crippen LogP contribution in [-0.4, -0.2) is 23.0 Å². The van der Waals surface area contributed by atoms with E-state index in [-0.39, 0.29) is 17.0 Å². The maximum Gasteiger partial charge on any atom is 0.422 e. The Morgan fingerprint density at radius 3 is 2.37 bits per heavy atom. The van der Waals surface area contributed by atoms with Crippen LogP contribution in [0.1, 0.15) is 19.4 Å². The van der Waals surface area contributed by atoms with Gasteiger partial charge in [-0.05, 0) is 37.1 Å². The molecule has 0 amide bonds. The van der Waals surface area contributed by atoms with Crippen LogP contribution in [0.2, 0.25) is 0 Å². The van der Waals surface area contributed by atoms with Crippen molar-refractivity contribution in [3.05, 3.63) is 70.5 Å². The molecule has 0 radical (unpaired) electrons. The average Bonchev–Trinajstić information content (AvgIpc) is 2.72. The van der Waals surface area contributed by atoms with Crippen LogP contribution in [0.25, 0.3) is 22.4 Å². The van der Waals surface area contributed by atoms with Crippen LogP contribution in [0.5, 0.6) is 5.75 Å². The molecule has 1 heterocycles. The van der Waals surface area contributed by atoms with Gasteiger partial charge < -0.3 is 4.74 Å². The quantitative estimate of drug-likeness (QED) is 0.649. The number of aromatic nitrogens is 2. The minimum absolute atomic E-state index is 0.0493. The molecule has 5 nitrogen and oxygen atoms in total. The van der Waals surface area contributed by atoms with E-state index >= 15 is 0 Å². The molecule has 3 aromatic rings. The lowest BCUT2D eigenvalue weighted by Crippen LogP contribution is -2.20. The van der Waals surface area contributed by atoms with Crippen molar-refractivity contribution in [2.45, 2.75) is 25.4 Å². The first-order chi connectivity index (χ1) is 14.1. The van der Waals surface area contributed by atoms with Crippen molar-refractivity contribution in [3.8, 4) is 34.2 Å². The van der Waals surface area contributed by atoms with Gasteiger partial charge in [0.1, 0.15) is 11.4 Å². The lowest BCUT2D eigenvalue weighted by Gasteiger charge is -2.16. The average molecular weight is 413 g/mol. The van der Waals surface area contributed by atoms with Crippen LogP contribution in [0.15, 0.2) is 59.5 Å². The maximum atomic E-state index is 13.0. The second-order valence-corrected chi connectivity index (χ2v) is 7.19. The van der Waals surface area contributed by atoms with E-state index in [0.29, 0.717) is 11.1 Å². The van der Waals surface area contributed by atoms with E-state index in [9.17, 15) is 23.2 Å². The molecule has 2 aromatic carbocycles. The number of hydrogen-bond donors (Lipinski definition) is 1. The standard InChI is InChI=1S/C22H18F3N3O2/c1-21(2,12-26)15-9-7-14(8-10-15)17-11-27-28-19(20(17)29)16-5-3-4-6-18(16)30-13-22(23,24)25/h3-11H,13H2,1-2H3,(H,27,29). The highest BCUT2D eigenvalue weighted by atomic mass is 19.4. The van der Waals surface area contributed by atoms with Crippen molar-refractivity contribution in [2.24, 2.45) is 0 Å². The second-order valence-electron chi connectivity index (χ2n) is 7.19. The first-order valence-corrected chi connectivity index (χ1v) is 9.01. The van der Waals surface area contributed by atoms with Crippen molar-refractivity contribution in [1.29, 1.82) is 5.26 Å². The minimum atomic E-state index is -4.51. The third-order valence-corrected chi connectivity index (χ3v) is 4.58. The van der Waals surface area contributed by atoms with Gasteiger partial charge in [0.25, 0.3) is 0 Å². The summed E-state index contributed by atoms with van der Waals surface area (Å²) in [5.74, 6) is -0.0870. The zero-order valence-electron chi connectivity index (χ0n) is 16.2. The number of halogens is 3. The maximum absolute atomic E-state index is 13.0. The van der Waals surface area contributed by atoms with Gasteiger partial charge in [-0.15, -0.1) is 0 Å². The Labute approximate surface area is 170 Å². The number of benzene rings is 2. The molecular weight excluding hydrogens is 395 g/mol. The topological polar surface area (TPSA) is 78.8 Å². The predicted octanol–water partition coefficient (Wildman–Crippen LogP) is 4.85. The van der Waals surface area contributed by atoms with E-state index in [2.05, 4.69) is 16.3 Å². The Morgan fingerprint density at radius 2 is 1.73 bits per heavy atom. The van der Waals surface area contributed by atoms with Gasteiger partial charge in [-0.3, -0.25) is 9.89 Å². The molecule has 0 atom stereocenters. The summed E-state index contributed by atoms with van der Waals surface area (Å²) in [7, 11) is 0. The van der Waals surface area contributed by atoms with Crippen molar-refractivity contribution in [1.82, 2.24) is 10.2 Å². The molecule has 1 aromatic heterocycles. The Morgan fingerprint density at radius 1 is 1.07 bits per heavy atom. The highest BCUT2D eigenvalue weighted by molar-refractivity contribution is 5.72. The van der Waals surface area contributed by atoms with Gasteiger partial charge in [-0.2, -0.15) is 23.5 Å². The van der Waals surface area contributed by atoms with Crippen molar-refractivity contribution in [2.75, 3.05) is 6.61 Å². The predicted molar refractivity (Wildman–Crippen MR) is 106 cm³/mol. The third-order valence-electron chi connectivity index (χ3n) is 4.58. The lowest BCUT2D eigenvalue weighted by atomic mass is 9.85. The van der Waals surface area contributed by atoms with E-state index < -0.39 is 23.6 Å². The summed E-state index contributed by atoms with van der Waals surface area (Å²) in [6.45, 7) is 2.10. The van der Waals surface area contributed by atoms with E-state index in [1.54, 1.807) is 44.2 Å². The summed E-state index contributed by atoms with van der Waals surface area (Å²) in [5, 5.41) is 15.9. The first-order valence-electron chi connectivity index (χ1n) is 9.01. The molecule has 0 spiro atoms. The molecule has 8 heteroatoms. The molecule has 0 saturated carbocycles. The molecule has 1 N–H and O–H groups in total. The highest BCUT2D eigenvalue weighted by Crippen LogP contribution is 2.30.